The van der Waals surface area contributed by atoms with Gasteiger partial charge in [0.15, 0.2) is 0 Å². The summed E-state index contributed by atoms with van der Waals surface area (Å²) >= 11 is 7.62. The van der Waals surface area contributed by atoms with Gasteiger partial charge in [-0.05, 0) is 44.2 Å². The Bertz CT molecular complexity index is 989. The largest absolute Gasteiger partial charge is 0.456 e. The highest BCUT2D eigenvalue weighted by molar-refractivity contribution is 7.89. The molecule has 0 saturated carbocycles. The highest BCUT2D eigenvalue weighted by atomic mass is 35.5. The van der Waals surface area contributed by atoms with Crippen molar-refractivity contribution in [2.45, 2.75) is 24.3 Å². The van der Waals surface area contributed by atoms with Gasteiger partial charge in [0, 0.05) is 11.6 Å². The minimum absolute atomic E-state index is 0.0625. The van der Waals surface area contributed by atoms with E-state index in [9.17, 15) is 8.42 Å². The fourth-order valence-corrected chi connectivity index (χ4v) is 4.79. The van der Waals surface area contributed by atoms with Crippen LogP contribution in [-0.2, 0) is 15.6 Å². The first-order valence-electron chi connectivity index (χ1n) is 7.74. The summed E-state index contributed by atoms with van der Waals surface area (Å²) in [4.78, 5) is 4.25. The van der Waals surface area contributed by atoms with Crippen LogP contribution in [0.4, 0.5) is 0 Å². The first-order chi connectivity index (χ1) is 12.3. The average molecular weight is 409 g/mol. The van der Waals surface area contributed by atoms with Crippen molar-refractivity contribution in [2.24, 2.45) is 0 Å². The van der Waals surface area contributed by atoms with Gasteiger partial charge in [0.2, 0.25) is 10.0 Å². The molecular weight excluding hydrogens is 392 g/mol. The number of hydrogen-bond donors (Lipinski definition) is 1. The number of halogens is 1. The summed E-state index contributed by atoms with van der Waals surface area (Å²) in [6, 6.07) is 13.5. The lowest BCUT2D eigenvalue weighted by Crippen LogP contribution is -2.40. The number of para-hydroxylation sites is 1. The predicted octanol–water partition coefficient (Wildman–Crippen LogP) is 4.80. The zero-order valence-electron chi connectivity index (χ0n) is 14.1. The van der Waals surface area contributed by atoms with Crippen LogP contribution >= 0.6 is 22.9 Å². The summed E-state index contributed by atoms with van der Waals surface area (Å²) in [6.45, 7) is 3.52. The van der Waals surface area contributed by atoms with E-state index in [0.717, 1.165) is 0 Å². The van der Waals surface area contributed by atoms with Crippen molar-refractivity contribution < 1.29 is 13.2 Å². The second kappa shape index (κ2) is 7.36. The number of nitrogens with zero attached hydrogens (tertiary/aromatic N) is 1. The Hall–Kier alpha value is -1.93. The van der Waals surface area contributed by atoms with E-state index in [0.29, 0.717) is 16.5 Å². The number of nitrogens with one attached hydrogen (secondary N) is 1. The third-order valence-corrected chi connectivity index (χ3v) is 6.59. The highest BCUT2D eigenvalue weighted by Gasteiger charge is 2.30. The average Bonchev–Trinajstić information content (AvgIpc) is 3.12. The molecule has 0 unspecified atom stereocenters. The molecule has 0 aliphatic heterocycles. The van der Waals surface area contributed by atoms with Crippen LogP contribution in [0.3, 0.4) is 0 Å². The van der Waals surface area contributed by atoms with E-state index in [1.165, 1.54) is 23.5 Å². The normalized spacial score (nSPS) is 12.1. The Morgan fingerprint density at radius 3 is 2.50 bits per heavy atom. The molecule has 5 nitrogen and oxygen atoms in total. The molecule has 8 heteroatoms. The van der Waals surface area contributed by atoms with Crippen LogP contribution in [0.15, 0.2) is 65.0 Å². The lowest BCUT2D eigenvalue weighted by atomic mass is 10.1. The molecule has 3 aromatic rings. The first kappa shape index (κ1) is 18.8. The van der Waals surface area contributed by atoms with Crippen LogP contribution < -0.4 is 9.46 Å². The molecule has 1 aromatic heterocycles. The van der Waals surface area contributed by atoms with Crippen LogP contribution in [0, 0.1) is 0 Å². The van der Waals surface area contributed by atoms with Gasteiger partial charge in [0.1, 0.15) is 16.5 Å². The first-order valence-corrected chi connectivity index (χ1v) is 10.5. The number of hydrogen-bond acceptors (Lipinski definition) is 5. The fourth-order valence-electron chi connectivity index (χ4n) is 2.32. The van der Waals surface area contributed by atoms with Gasteiger partial charge in [-0.15, -0.1) is 11.3 Å². The van der Waals surface area contributed by atoms with Crippen molar-refractivity contribution >= 4 is 33.0 Å². The predicted molar refractivity (Wildman–Crippen MR) is 103 cm³/mol. The van der Waals surface area contributed by atoms with E-state index in [2.05, 4.69) is 9.71 Å². The van der Waals surface area contributed by atoms with Crippen molar-refractivity contribution in [3.05, 3.63) is 70.1 Å². The lowest BCUT2D eigenvalue weighted by Gasteiger charge is -2.23. The molecule has 0 radical (unpaired) electrons. The maximum absolute atomic E-state index is 12.7. The molecule has 0 fully saturated rings. The third kappa shape index (κ3) is 4.24. The fraction of sp³-hybridized carbons (Fsp3) is 0.167. The zero-order chi connectivity index (χ0) is 18.8. The van der Waals surface area contributed by atoms with Crippen LogP contribution in [-0.4, -0.2) is 13.4 Å². The molecule has 0 atom stereocenters. The van der Waals surface area contributed by atoms with Crippen molar-refractivity contribution in [1.29, 1.82) is 0 Å². The Morgan fingerprint density at radius 2 is 1.88 bits per heavy atom. The second-order valence-corrected chi connectivity index (χ2v) is 9.06. The second-order valence-electron chi connectivity index (χ2n) is 6.08. The molecule has 0 amide bonds. The monoisotopic (exact) mass is 408 g/mol. The summed E-state index contributed by atoms with van der Waals surface area (Å²) in [6.07, 6.45) is 1.64. The molecule has 0 aliphatic carbocycles. The quantitative estimate of drug-likeness (QED) is 0.635. The van der Waals surface area contributed by atoms with Gasteiger partial charge in [-0.2, -0.15) is 4.72 Å². The van der Waals surface area contributed by atoms with E-state index >= 15 is 0 Å². The van der Waals surface area contributed by atoms with Crippen molar-refractivity contribution in [1.82, 2.24) is 9.71 Å². The molecule has 26 heavy (non-hydrogen) atoms. The van der Waals surface area contributed by atoms with Gasteiger partial charge < -0.3 is 4.74 Å². The molecule has 0 spiro atoms. The molecule has 0 saturated heterocycles. The van der Waals surface area contributed by atoms with E-state index in [4.69, 9.17) is 16.3 Å². The van der Waals surface area contributed by atoms with Crippen LogP contribution in [0.5, 0.6) is 11.5 Å². The molecule has 0 aliphatic rings. The summed E-state index contributed by atoms with van der Waals surface area (Å²) in [7, 11) is -3.78. The molecule has 1 heterocycles. The van der Waals surface area contributed by atoms with E-state index < -0.39 is 15.6 Å². The maximum Gasteiger partial charge on any atom is 0.241 e. The van der Waals surface area contributed by atoms with Crippen LogP contribution in [0.2, 0.25) is 5.02 Å². The van der Waals surface area contributed by atoms with E-state index in [-0.39, 0.29) is 9.92 Å². The standard InChI is InChI=1S/C18H17ClN2O3S2/c1-18(2,17-20-10-11-25-17)21-26(22,23)14-8-9-16(15(19)12-14)24-13-6-4-3-5-7-13/h3-12,21H,1-2H3. The Labute approximate surface area is 161 Å². The molecular formula is C18H17ClN2O3S2. The van der Waals surface area contributed by atoms with Gasteiger partial charge in [0.05, 0.1) is 15.5 Å². The molecule has 3 rings (SSSR count). The molecule has 136 valence electrons. The van der Waals surface area contributed by atoms with Crippen molar-refractivity contribution in [3.63, 3.8) is 0 Å². The van der Waals surface area contributed by atoms with Gasteiger partial charge in [-0.25, -0.2) is 13.4 Å². The number of thiazole rings is 1. The smallest absolute Gasteiger partial charge is 0.241 e. The van der Waals surface area contributed by atoms with Gasteiger partial charge in [0.25, 0.3) is 0 Å². The Morgan fingerprint density at radius 1 is 1.15 bits per heavy atom. The Balaban J connectivity index is 1.83. The Kier molecular flexibility index (Phi) is 5.34. The minimum atomic E-state index is -3.78. The summed E-state index contributed by atoms with van der Waals surface area (Å²) in [5.41, 5.74) is -0.835. The van der Waals surface area contributed by atoms with Crippen molar-refractivity contribution in [3.8, 4) is 11.5 Å². The number of aromatic nitrogens is 1. The molecule has 2 aromatic carbocycles. The van der Waals surface area contributed by atoms with Gasteiger partial charge in [-0.1, -0.05) is 29.8 Å². The summed E-state index contributed by atoms with van der Waals surface area (Å²) in [5, 5.41) is 2.69. The topological polar surface area (TPSA) is 68.3 Å². The maximum atomic E-state index is 12.7. The van der Waals surface area contributed by atoms with E-state index in [1.54, 1.807) is 43.6 Å². The highest BCUT2D eigenvalue weighted by Crippen LogP contribution is 2.32. The molecule has 1 N–H and O–H groups in total. The zero-order valence-corrected chi connectivity index (χ0v) is 16.5. The van der Waals surface area contributed by atoms with Crippen LogP contribution in [0.25, 0.3) is 0 Å². The van der Waals surface area contributed by atoms with Gasteiger partial charge >= 0.3 is 0 Å². The SMILES string of the molecule is CC(C)(NS(=O)(=O)c1ccc(Oc2ccccc2)c(Cl)c1)c1nccs1. The number of ether oxygens (including phenoxy) is 1. The van der Waals surface area contributed by atoms with Crippen molar-refractivity contribution in [2.75, 3.05) is 0 Å². The number of benzene rings is 2. The van der Waals surface area contributed by atoms with Gasteiger partial charge in [-0.3, -0.25) is 0 Å². The summed E-state index contributed by atoms with van der Waals surface area (Å²) < 4.78 is 33.8. The van der Waals surface area contributed by atoms with E-state index in [1.807, 2.05) is 18.2 Å². The molecule has 0 bridgehead atoms. The minimum Gasteiger partial charge on any atom is -0.456 e. The number of rotatable bonds is 6. The third-order valence-electron chi connectivity index (χ3n) is 3.54. The van der Waals surface area contributed by atoms with Crippen LogP contribution in [0.1, 0.15) is 18.9 Å². The lowest BCUT2D eigenvalue weighted by molar-refractivity contribution is 0.469. The summed E-state index contributed by atoms with van der Waals surface area (Å²) in [5.74, 6) is 1.00. The number of sulfonamides is 1.